The molecule has 5 rings (SSSR count). The summed E-state index contributed by atoms with van der Waals surface area (Å²) in [5.74, 6) is -0.0931. The maximum atomic E-state index is 14.2. The van der Waals surface area contributed by atoms with Crippen LogP contribution in [0.5, 0.6) is 0 Å². The molecule has 0 fully saturated rings. The van der Waals surface area contributed by atoms with Crippen molar-refractivity contribution in [2.24, 2.45) is 0 Å². The maximum absolute atomic E-state index is 14.2. The Morgan fingerprint density at radius 2 is 1.26 bits per heavy atom. The summed E-state index contributed by atoms with van der Waals surface area (Å²) in [6, 6.07) is 18.6. The van der Waals surface area contributed by atoms with E-state index in [1.807, 2.05) is 0 Å². The van der Waals surface area contributed by atoms with Crippen molar-refractivity contribution in [3.63, 3.8) is 0 Å². The number of alkyl halides is 6. The first-order chi connectivity index (χ1) is 16.1. The van der Waals surface area contributed by atoms with Crippen molar-refractivity contribution in [1.29, 1.82) is 0 Å². The second kappa shape index (κ2) is 7.84. The van der Waals surface area contributed by atoms with Gasteiger partial charge in [0.1, 0.15) is 0 Å². The molecule has 0 bridgehead atoms. The van der Waals surface area contributed by atoms with Gasteiger partial charge in [-0.1, -0.05) is 0 Å². The van der Waals surface area contributed by atoms with Gasteiger partial charge in [0.15, 0.2) is 0 Å². The summed E-state index contributed by atoms with van der Waals surface area (Å²) in [6.45, 7) is 0. The average Bonchev–Trinajstić information content (AvgIpc) is 3.16. The molecule has 0 radical (unpaired) electrons. The minimum atomic E-state index is -5.77. The van der Waals surface area contributed by atoms with Gasteiger partial charge < -0.3 is 0 Å². The molecule has 1 aliphatic heterocycles. The van der Waals surface area contributed by atoms with Crippen LogP contribution in [-0.2, 0) is 8.67 Å². The van der Waals surface area contributed by atoms with Crippen LogP contribution in [0.1, 0.15) is 5.56 Å². The molecule has 1 aromatic heterocycles. The summed E-state index contributed by atoms with van der Waals surface area (Å²) in [5.41, 5.74) is -5.86. The molecule has 34 heavy (non-hydrogen) atoms. The van der Waals surface area contributed by atoms with Crippen LogP contribution in [0.15, 0.2) is 88.1 Å². The Hall–Kier alpha value is -2.86. The van der Waals surface area contributed by atoms with E-state index < -0.39 is 49.4 Å². The van der Waals surface area contributed by atoms with Gasteiger partial charge >= 0.3 is 196 Å². The van der Waals surface area contributed by atoms with Crippen LogP contribution in [-0.4, -0.2) is 12.4 Å². The molecule has 0 N–H and O–H groups in total. The van der Waals surface area contributed by atoms with Crippen molar-refractivity contribution in [3.05, 3.63) is 102 Å². The van der Waals surface area contributed by atoms with E-state index >= 15 is 0 Å². The molecule has 0 saturated heterocycles. The molecule has 4 aromatic rings. The molecular weight excluding hydrogens is 577 g/mol. The van der Waals surface area contributed by atoms with Gasteiger partial charge in [0.05, 0.1) is 0 Å². The van der Waals surface area contributed by atoms with E-state index in [1.165, 1.54) is 30.3 Å². The molecule has 0 atom stereocenters. The first kappa shape index (κ1) is 22.9. The van der Waals surface area contributed by atoms with Crippen LogP contribution in [0.3, 0.4) is 0 Å². The monoisotopic (exact) mass is 590 g/mol. The van der Waals surface area contributed by atoms with Crippen molar-refractivity contribution in [1.82, 2.24) is 0 Å². The third-order valence-corrected chi connectivity index (χ3v) is 10.6. The SMILES string of the molecule is O=c1oc(-c2ccccc2)c(I2OC(C(F)(F)F)(C(F)(F)F)c3ccccc32)c2ccccc12. The van der Waals surface area contributed by atoms with Crippen LogP contribution >= 0.6 is 20.2 Å². The predicted octanol–water partition coefficient (Wildman–Crippen LogP) is 7.27. The zero-order valence-electron chi connectivity index (χ0n) is 16.9. The van der Waals surface area contributed by atoms with Crippen LogP contribution < -0.4 is 5.63 Å². The quantitative estimate of drug-likeness (QED) is 0.182. The molecule has 0 aliphatic carbocycles. The first-order valence-electron chi connectivity index (χ1n) is 9.80. The molecule has 1 aliphatic rings. The van der Waals surface area contributed by atoms with E-state index in [0.29, 0.717) is 5.56 Å². The standard InChI is InChI=1S/C24H13F6IO3/c25-23(26,27)22(24(28,29)30)17-12-6-7-13-18(17)31(34-22)19-15-10-4-5-11-16(15)21(32)33-20(19)14-8-2-1-3-9-14/h1-13H. The normalized spacial score (nSPS) is 16.6. The molecule has 0 saturated carbocycles. The van der Waals surface area contributed by atoms with Gasteiger partial charge in [0.2, 0.25) is 0 Å². The second-order valence-electron chi connectivity index (χ2n) is 7.43. The fourth-order valence-electron chi connectivity index (χ4n) is 3.90. The Labute approximate surface area is 195 Å². The Bertz CT molecular complexity index is 1430. The molecule has 0 unspecified atom stereocenters. The van der Waals surface area contributed by atoms with Crippen LogP contribution in [0.25, 0.3) is 22.1 Å². The van der Waals surface area contributed by atoms with E-state index in [2.05, 4.69) is 0 Å². The van der Waals surface area contributed by atoms with Gasteiger partial charge in [0, 0.05) is 0 Å². The summed E-state index contributed by atoms with van der Waals surface area (Å²) in [4.78, 5) is 12.7. The van der Waals surface area contributed by atoms with Gasteiger partial charge in [-0.2, -0.15) is 0 Å². The Kier molecular flexibility index (Phi) is 5.28. The Balaban J connectivity index is 1.89. The van der Waals surface area contributed by atoms with Crippen molar-refractivity contribution >= 4 is 31.0 Å². The molecule has 176 valence electrons. The summed E-state index contributed by atoms with van der Waals surface area (Å²) in [7, 11) is 0. The summed E-state index contributed by atoms with van der Waals surface area (Å²) < 4.78 is 95.7. The van der Waals surface area contributed by atoms with Gasteiger partial charge in [-0.05, 0) is 0 Å². The predicted molar refractivity (Wildman–Crippen MR) is 121 cm³/mol. The number of fused-ring (bicyclic) bond motifs is 2. The van der Waals surface area contributed by atoms with Gasteiger partial charge in [-0.15, -0.1) is 0 Å². The fraction of sp³-hybridized carbons (Fsp3) is 0.125. The third-order valence-electron chi connectivity index (χ3n) is 5.41. The van der Waals surface area contributed by atoms with E-state index in [9.17, 15) is 31.1 Å². The van der Waals surface area contributed by atoms with Crippen LogP contribution in [0.2, 0.25) is 0 Å². The minimum absolute atomic E-state index is 0.0482. The summed E-state index contributed by atoms with van der Waals surface area (Å²) >= 11 is -3.96. The Morgan fingerprint density at radius 1 is 0.706 bits per heavy atom. The number of halogens is 7. The third kappa shape index (κ3) is 3.26. The van der Waals surface area contributed by atoms with Crippen molar-refractivity contribution in [3.8, 4) is 11.3 Å². The fourth-order valence-corrected chi connectivity index (χ4v) is 9.82. The van der Waals surface area contributed by atoms with Crippen molar-refractivity contribution in [2.45, 2.75) is 18.0 Å². The van der Waals surface area contributed by atoms with E-state index in [1.54, 1.807) is 36.4 Å². The molecule has 3 nitrogen and oxygen atoms in total. The molecule has 3 aromatic carbocycles. The number of hydrogen-bond acceptors (Lipinski definition) is 3. The average molecular weight is 590 g/mol. The van der Waals surface area contributed by atoms with Crippen molar-refractivity contribution in [2.75, 3.05) is 0 Å². The van der Waals surface area contributed by atoms with E-state index in [-0.39, 0.29) is 23.7 Å². The summed E-state index contributed by atoms with van der Waals surface area (Å²) in [6.07, 6.45) is -11.5. The second-order valence-corrected chi connectivity index (χ2v) is 11.5. The van der Waals surface area contributed by atoms with Crippen LogP contribution in [0.4, 0.5) is 26.3 Å². The van der Waals surface area contributed by atoms with Crippen LogP contribution in [0, 0.1) is 7.14 Å². The molecule has 0 amide bonds. The van der Waals surface area contributed by atoms with Gasteiger partial charge in [-0.25, -0.2) is 0 Å². The number of rotatable bonds is 2. The topological polar surface area (TPSA) is 39.4 Å². The first-order valence-corrected chi connectivity index (χ1v) is 12.8. The van der Waals surface area contributed by atoms with E-state index in [4.69, 9.17) is 7.48 Å². The molecular formula is C24H13F6IO3. The molecule has 0 spiro atoms. The van der Waals surface area contributed by atoms with Gasteiger partial charge in [-0.3, -0.25) is 0 Å². The summed E-state index contributed by atoms with van der Waals surface area (Å²) in [5, 5.41) is 0.254. The Morgan fingerprint density at radius 3 is 1.91 bits per heavy atom. The number of benzene rings is 3. The van der Waals surface area contributed by atoms with Gasteiger partial charge in [0.25, 0.3) is 0 Å². The van der Waals surface area contributed by atoms with Crippen molar-refractivity contribution < 1.29 is 33.8 Å². The molecule has 2 heterocycles. The molecule has 10 heteroatoms. The zero-order chi connectivity index (χ0) is 24.3. The zero-order valence-corrected chi connectivity index (χ0v) is 19.0. The van der Waals surface area contributed by atoms with E-state index in [0.717, 1.165) is 12.1 Å². The number of hydrogen-bond donors (Lipinski definition) is 0.